The number of halogens is 1. The fourth-order valence-electron chi connectivity index (χ4n) is 2.43. The molecule has 1 atom stereocenters. The highest BCUT2D eigenvalue weighted by molar-refractivity contribution is 7.14. The van der Waals surface area contributed by atoms with Gasteiger partial charge in [-0.05, 0) is 36.6 Å². The predicted octanol–water partition coefficient (Wildman–Crippen LogP) is 3.12. The first-order valence-corrected chi connectivity index (χ1v) is 7.57. The third kappa shape index (κ3) is 3.70. The molecule has 1 N–H and O–H groups in total. The lowest BCUT2D eigenvalue weighted by atomic mass is 9.93. The number of carbonyl (C=O) groups is 2. The number of carboxylic acids is 1. The number of carboxylic acid groups (broad SMARTS) is 1. The van der Waals surface area contributed by atoms with Crippen molar-refractivity contribution in [1.29, 1.82) is 0 Å². The molecule has 0 bridgehead atoms. The Balaban J connectivity index is 1.95. The summed E-state index contributed by atoms with van der Waals surface area (Å²) in [6.07, 6.45) is 2.73. The molecule has 1 aromatic rings. The number of carbonyl (C=O) groups excluding carboxylic acids is 1. The van der Waals surface area contributed by atoms with Crippen LogP contribution in [0.4, 0.5) is 0 Å². The van der Waals surface area contributed by atoms with Gasteiger partial charge in [-0.1, -0.05) is 11.6 Å². The average molecular weight is 302 g/mol. The van der Waals surface area contributed by atoms with Crippen LogP contribution in [-0.4, -0.2) is 35.0 Å². The first-order valence-electron chi connectivity index (χ1n) is 6.32. The van der Waals surface area contributed by atoms with Crippen molar-refractivity contribution >= 4 is 34.8 Å². The maximum Gasteiger partial charge on any atom is 0.303 e. The first kappa shape index (κ1) is 14.3. The van der Waals surface area contributed by atoms with E-state index in [0.29, 0.717) is 22.9 Å². The van der Waals surface area contributed by atoms with Crippen molar-refractivity contribution in [2.75, 3.05) is 13.1 Å². The Hall–Kier alpha value is -1.07. The van der Waals surface area contributed by atoms with Gasteiger partial charge in [-0.3, -0.25) is 9.59 Å². The minimum atomic E-state index is -0.774. The van der Waals surface area contributed by atoms with Gasteiger partial charge in [0.25, 0.3) is 5.91 Å². The third-order valence-electron chi connectivity index (χ3n) is 3.42. The molecule has 0 spiro atoms. The molecule has 2 heterocycles. The van der Waals surface area contributed by atoms with Crippen molar-refractivity contribution in [3.63, 3.8) is 0 Å². The summed E-state index contributed by atoms with van der Waals surface area (Å²) in [5.74, 6) is -0.526. The van der Waals surface area contributed by atoms with Gasteiger partial charge in [0.15, 0.2) is 0 Å². The van der Waals surface area contributed by atoms with Crippen molar-refractivity contribution in [2.45, 2.75) is 25.7 Å². The molecule has 19 heavy (non-hydrogen) atoms. The molecule has 1 aliphatic rings. The molecule has 4 nitrogen and oxygen atoms in total. The van der Waals surface area contributed by atoms with Crippen molar-refractivity contribution < 1.29 is 14.7 Å². The standard InChI is InChI=1S/C13H16ClNO3S/c14-12-10(5-7-19-12)13(18)15-6-1-2-9(8-15)3-4-11(16)17/h5,7,9H,1-4,6,8H2,(H,16,17). The van der Waals surface area contributed by atoms with E-state index in [9.17, 15) is 9.59 Å². The zero-order valence-electron chi connectivity index (χ0n) is 10.5. The second-order valence-corrected chi connectivity index (χ2v) is 6.32. The molecule has 0 aliphatic carbocycles. The maximum atomic E-state index is 12.3. The summed E-state index contributed by atoms with van der Waals surface area (Å²) in [6, 6.07) is 1.75. The van der Waals surface area contributed by atoms with E-state index in [1.54, 1.807) is 16.3 Å². The molecule has 1 unspecified atom stereocenters. The van der Waals surface area contributed by atoms with E-state index in [4.69, 9.17) is 16.7 Å². The van der Waals surface area contributed by atoms with E-state index in [1.807, 2.05) is 0 Å². The van der Waals surface area contributed by atoms with E-state index in [-0.39, 0.29) is 18.2 Å². The molecular weight excluding hydrogens is 286 g/mol. The van der Waals surface area contributed by atoms with Gasteiger partial charge in [-0.2, -0.15) is 0 Å². The van der Waals surface area contributed by atoms with Gasteiger partial charge in [-0.25, -0.2) is 0 Å². The van der Waals surface area contributed by atoms with Crippen LogP contribution in [0, 0.1) is 5.92 Å². The Bertz CT molecular complexity index is 474. The normalized spacial score (nSPS) is 19.4. The van der Waals surface area contributed by atoms with Gasteiger partial charge < -0.3 is 10.0 Å². The molecule has 2 rings (SSSR count). The van der Waals surface area contributed by atoms with Crippen LogP contribution >= 0.6 is 22.9 Å². The minimum Gasteiger partial charge on any atom is -0.481 e. The van der Waals surface area contributed by atoms with Crippen LogP contribution in [0.2, 0.25) is 4.34 Å². The molecule has 1 fully saturated rings. The summed E-state index contributed by atoms with van der Waals surface area (Å²) in [6.45, 7) is 1.37. The highest BCUT2D eigenvalue weighted by Crippen LogP contribution is 2.27. The summed E-state index contributed by atoms with van der Waals surface area (Å²) in [4.78, 5) is 24.7. The van der Waals surface area contributed by atoms with Crippen LogP contribution in [0.5, 0.6) is 0 Å². The van der Waals surface area contributed by atoms with Gasteiger partial charge in [0.05, 0.1) is 5.56 Å². The Kier molecular flexibility index (Phi) is 4.82. The van der Waals surface area contributed by atoms with Crippen LogP contribution in [0.25, 0.3) is 0 Å². The Morgan fingerprint density at radius 2 is 2.32 bits per heavy atom. The average Bonchev–Trinajstić information content (AvgIpc) is 2.82. The van der Waals surface area contributed by atoms with Gasteiger partial charge >= 0.3 is 5.97 Å². The number of hydrogen-bond donors (Lipinski definition) is 1. The van der Waals surface area contributed by atoms with Crippen LogP contribution in [0.1, 0.15) is 36.0 Å². The summed E-state index contributed by atoms with van der Waals surface area (Å²) < 4.78 is 0.526. The van der Waals surface area contributed by atoms with Gasteiger partial charge in [-0.15, -0.1) is 11.3 Å². The van der Waals surface area contributed by atoms with E-state index in [2.05, 4.69) is 0 Å². The lowest BCUT2D eigenvalue weighted by Crippen LogP contribution is -2.40. The van der Waals surface area contributed by atoms with Crippen LogP contribution in [0.15, 0.2) is 11.4 Å². The zero-order valence-corrected chi connectivity index (χ0v) is 12.0. The highest BCUT2D eigenvalue weighted by Gasteiger charge is 2.26. The number of likely N-dealkylation sites (tertiary alicyclic amines) is 1. The number of thiophene rings is 1. The predicted molar refractivity (Wildman–Crippen MR) is 74.8 cm³/mol. The summed E-state index contributed by atoms with van der Waals surface area (Å²) >= 11 is 7.34. The van der Waals surface area contributed by atoms with Crippen LogP contribution in [0.3, 0.4) is 0 Å². The Morgan fingerprint density at radius 3 is 2.95 bits per heavy atom. The van der Waals surface area contributed by atoms with E-state index >= 15 is 0 Å². The van der Waals surface area contributed by atoms with Crippen LogP contribution < -0.4 is 0 Å². The molecular formula is C13H16ClNO3S. The number of rotatable bonds is 4. The third-order valence-corrected chi connectivity index (χ3v) is 4.59. The zero-order chi connectivity index (χ0) is 13.8. The fraction of sp³-hybridized carbons (Fsp3) is 0.538. The van der Waals surface area contributed by atoms with E-state index in [0.717, 1.165) is 19.4 Å². The molecule has 1 saturated heterocycles. The molecule has 1 aromatic heterocycles. The smallest absolute Gasteiger partial charge is 0.303 e. The maximum absolute atomic E-state index is 12.3. The van der Waals surface area contributed by atoms with Gasteiger partial charge in [0, 0.05) is 19.5 Å². The quantitative estimate of drug-likeness (QED) is 0.929. The molecule has 0 saturated carbocycles. The number of nitrogens with zero attached hydrogens (tertiary/aromatic N) is 1. The minimum absolute atomic E-state index is 0.0359. The second-order valence-electron chi connectivity index (χ2n) is 4.80. The molecule has 1 amide bonds. The van der Waals surface area contributed by atoms with Gasteiger partial charge in [0.1, 0.15) is 4.34 Å². The fourth-order valence-corrected chi connectivity index (χ4v) is 3.33. The molecule has 1 aliphatic heterocycles. The van der Waals surface area contributed by atoms with Crippen molar-refractivity contribution in [3.05, 3.63) is 21.3 Å². The Morgan fingerprint density at radius 1 is 1.53 bits per heavy atom. The van der Waals surface area contributed by atoms with E-state index in [1.165, 1.54) is 11.3 Å². The molecule has 0 aromatic carbocycles. The second kappa shape index (κ2) is 6.39. The number of amides is 1. The van der Waals surface area contributed by atoms with Crippen molar-refractivity contribution in [3.8, 4) is 0 Å². The monoisotopic (exact) mass is 301 g/mol. The molecule has 0 radical (unpaired) electrons. The summed E-state index contributed by atoms with van der Waals surface area (Å²) in [5.41, 5.74) is 0.561. The van der Waals surface area contributed by atoms with Crippen LogP contribution in [-0.2, 0) is 4.79 Å². The molecule has 104 valence electrons. The van der Waals surface area contributed by atoms with Gasteiger partial charge in [0.2, 0.25) is 0 Å². The summed E-state index contributed by atoms with van der Waals surface area (Å²) in [5, 5.41) is 10.5. The number of hydrogen-bond acceptors (Lipinski definition) is 3. The molecule has 6 heteroatoms. The number of piperidine rings is 1. The first-order chi connectivity index (χ1) is 9.08. The number of aliphatic carboxylic acids is 1. The van der Waals surface area contributed by atoms with Crippen molar-refractivity contribution in [1.82, 2.24) is 4.90 Å². The lowest BCUT2D eigenvalue weighted by molar-refractivity contribution is -0.137. The van der Waals surface area contributed by atoms with Crippen molar-refractivity contribution in [2.24, 2.45) is 5.92 Å². The largest absolute Gasteiger partial charge is 0.481 e. The van der Waals surface area contributed by atoms with E-state index < -0.39 is 5.97 Å². The SMILES string of the molecule is O=C(O)CCC1CCCN(C(=O)c2ccsc2Cl)C1. The Labute approximate surface area is 121 Å². The summed E-state index contributed by atoms with van der Waals surface area (Å²) in [7, 11) is 0. The topological polar surface area (TPSA) is 57.6 Å². The highest BCUT2D eigenvalue weighted by atomic mass is 35.5. The lowest BCUT2D eigenvalue weighted by Gasteiger charge is -2.32.